The van der Waals surface area contributed by atoms with Crippen LogP contribution in [0.4, 0.5) is 0 Å². The van der Waals surface area contributed by atoms with Gasteiger partial charge in [0, 0.05) is 29.2 Å². The number of rotatable bonds is 3. The molecule has 104 valence electrons. The van der Waals surface area contributed by atoms with E-state index in [1.807, 2.05) is 12.1 Å². The van der Waals surface area contributed by atoms with Crippen molar-refractivity contribution >= 4 is 11.6 Å². The number of piperidine rings is 1. The van der Waals surface area contributed by atoms with E-state index in [1.54, 1.807) is 0 Å². The first-order valence-electron chi connectivity index (χ1n) is 7.37. The highest BCUT2D eigenvalue weighted by atomic mass is 35.5. The maximum atomic E-state index is 5.97. The molecular weight excluding hydrogens is 256 g/mol. The molecule has 3 atom stereocenters. The number of fused-ring (bicyclic) bond motifs is 2. The van der Waals surface area contributed by atoms with Crippen molar-refractivity contribution in [1.29, 1.82) is 0 Å². The van der Waals surface area contributed by atoms with E-state index in [0.29, 0.717) is 12.1 Å². The van der Waals surface area contributed by atoms with Crippen molar-refractivity contribution in [2.75, 3.05) is 7.05 Å². The predicted molar refractivity (Wildman–Crippen MR) is 80.6 cm³/mol. The van der Waals surface area contributed by atoms with Crippen molar-refractivity contribution < 1.29 is 0 Å². The Morgan fingerprint density at radius 3 is 2.32 bits per heavy atom. The van der Waals surface area contributed by atoms with Crippen molar-refractivity contribution in [3.05, 3.63) is 34.9 Å². The summed E-state index contributed by atoms with van der Waals surface area (Å²) >= 11 is 5.97. The van der Waals surface area contributed by atoms with Crippen LogP contribution in [0.1, 0.15) is 44.2 Å². The van der Waals surface area contributed by atoms with E-state index in [0.717, 1.165) is 17.1 Å². The number of hydrogen-bond donors (Lipinski definition) is 1. The monoisotopic (exact) mass is 278 g/mol. The van der Waals surface area contributed by atoms with Crippen molar-refractivity contribution in [2.45, 2.75) is 56.8 Å². The van der Waals surface area contributed by atoms with Crippen LogP contribution in [0, 0.1) is 0 Å². The summed E-state index contributed by atoms with van der Waals surface area (Å²) in [6.45, 7) is 2.30. The normalized spacial score (nSPS) is 31.7. The van der Waals surface area contributed by atoms with Crippen molar-refractivity contribution in [2.24, 2.45) is 0 Å². The summed E-state index contributed by atoms with van der Waals surface area (Å²) in [5.41, 5.74) is 1.36. The molecule has 3 rings (SSSR count). The van der Waals surface area contributed by atoms with E-state index in [9.17, 15) is 0 Å². The first kappa shape index (κ1) is 13.4. The van der Waals surface area contributed by atoms with Gasteiger partial charge in [-0.05, 0) is 57.4 Å². The van der Waals surface area contributed by atoms with Gasteiger partial charge in [0.25, 0.3) is 0 Å². The van der Waals surface area contributed by atoms with Crippen LogP contribution >= 0.6 is 11.6 Å². The second-order valence-corrected chi connectivity index (χ2v) is 6.59. The van der Waals surface area contributed by atoms with Gasteiger partial charge in [0.05, 0.1) is 0 Å². The molecule has 1 aromatic rings. The Morgan fingerprint density at radius 2 is 1.74 bits per heavy atom. The molecule has 0 spiro atoms. The molecule has 2 nitrogen and oxygen atoms in total. The maximum absolute atomic E-state index is 5.97. The molecule has 0 amide bonds. The second kappa shape index (κ2) is 5.43. The zero-order valence-corrected chi connectivity index (χ0v) is 12.5. The van der Waals surface area contributed by atoms with Crippen molar-refractivity contribution in [3.8, 4) is 0 Å². The molecule has 3 heteroatoms. The molecule has 19 heavy (non-hydrogen) atoms. The van der Waals surface area contributed by atoms with Crippen LogP contribution in [-0.2, 0) is 0 Å². The van der Waals surface area contributed by atoms with Crippen molar-refractivity contribution in [3.63, 3.8) is 0 Å². The second-order valence-electron chi connectivity index (χ2n) is 6.16. The molecular formula is C16H23ClN2. The Bertz CT molecular complexity index is 419. The molecule has 3 unspecified atom stereocenters. The smallest absolute Gasteiger partial charge is 0.0406 e. The van der Waals surface area contributed by atoms with Crippen LogP contribution in [0.25, 0.3) is 0 Å². The van der Waals surface area contributed by atoms with Gasteiger partial charge in [0.1, 0.15) is 0 Å². The third-order valence-electron chi connectivity index (χ3n) is 4.99. The minimum Gasteiger partial charge on any atom is -0.311 e. The van der Waals surface area contributed by atoms with E-state index in [-0.39, 0.29) is 0 Å². The zero-order valence-electron chi connectivity index (χ0n) is 11.8. The van der Waals surface area contributed by atoms with E-state index in [2.05, 4.69) is 36.3 Å². The summed E-state index contributed by atoms with van der Waals surface area (Å²) in [4.78, 5) is 2.55. The molecule has 0 radical (unpaired) electrons. The molecule has 2 aliphatic rings. The van der Waals surface area contributed by atoms with Gasteiger partial charge in [-0.25, -0.2) is 0 Å². The van der Waals surface area contributed by atoms with Crippen LogP contribution in [0.2, 0.25) is 5.02 Å². The Balaban J connectivity index is 1.69. The number of halogens is 1. The molecule has 2 aliphatic heterocycles. The van der Waals surface area contributed by atoms with Crippen molar-refractivity contribution in [1.82, 2.24) is 10.2 Å². The third kappa shape index (κ3) is 2.81. The highest BCUT2D eigenvalue weighted by Crippen LogP contribution is 2.33. The summed E-state index contributed by atoms with van der Waals surface area (Å²) < 4.78 is 0. The molecule has 2 heterocycles. The molecule has 1 aromatic carbocycles. The average Bonchev–Trinajstić information content (AvgIpc) is 2.76. The average molecular weight is 279 g/mol. The summed E-state index contributed by atoms with van der Waals surface area (Å²) in [7, 11) is 2.27. The fourth-order valence-corrected chi connectivity index (χ4v) is 3.78. The molecule has 2 fully saturated rings. The van der Waals surface area contributed by atoms with Crippen LogP contribution < -0.4 is 5.32 Å². The van der Waals surface area contributed by atoms with Gasteiger partial charge in [-0.3, -0.25) is 4.90 Å². The topological polar surface area (TPSA) is 15.3 Å². The van der Waals surface area contributed by atoms with Gasteiger partial charge < -0.3 is 5.32 Å². The minimum atomic E-state index is 0.458. The summed E-state index contributed by atoms with van der Waals surface area (Å²) in [6.07, 6.45) is 5.32. The maximum Gasteiger partial charge on any atom is 0.0406 e. The van der Waals surface area contributed by atoms with Gasteiger partial charge in [0.15, 0.2) is 0 Å². The Hall–Kier alpha value is -0.570. The Labute approximate surface area is 121 Å². The van der Waals surface area contributed by atoms with Crippen LogP contribution in [-0.4, -0.2) is 30.1 Å². The van der Waals surface area contributed by atoms with E-state index in [1.165, 1.54) is 31.2 Å². The number of benzene rings is 1. The molecule has 0 aromatic heterocycles. The quantitative estimate of drug-likeness (QED) is 0.909. The van der Waals surface area contributed by atoms with Crippen LogP contribution in [0.3, 0.4) is 0 Å². The lowest BCUT2D eigenvalue weighted by molar-refractivity contribution is 0.132. The number of nitrogens with zero attached hydrogens (tertiary/aromatic N) is 1. The lowest BCUT2D eigenvalue weighted by Crippen LogP contribution is -2.47. The summed E-state index contributed by atoms with van der Waals surface area (Å²) in [5, 5.41) is 4.54. The first-order chi connectivity index (χ1) is 9.13. The van der Waals surface area contributed by atoms with Crippen LogP contribution in [0.15, 0.2) is 24.3 Å². The lowest BCUT2D eigenvalue weighted by Gasteiger charge is -2.39. The standard InChI is InChI=1S/C16H23ClN2/c1-11(12-3-5-13(17)6-4-12)19(2)16-9-14-7-8-15(10-16)18-14/h3-6,11,14-16,18H,7-10H2,1-2H3. The molecule has 2 saturated heterocycles. The predicted octanol–water partition coefficient (Wildman–Crippen LogP) is 3.62. The fourth-order valence-electron chi connectivity index (χ4n) is 3.65. The largest absolute Gasteiger partial charge is 0.311 e. The van der Waals surface area contributed by atoms with Gasteiger partial charge in [0.2, 0.25) is 0 Å². The van der Waals surface area contributed by atoms with E-state index in [4.69, 9.17) is 11.6 Å². The van der Waals surface area contributed by atoms with Gasteiger partial charge in [-0.1, -0.05) is 23.7 Å². The Kier molecular flexibility index (Phi) is 3.84. The molecule has 2 bridgehead atoms. The highest BCUT2D eigenvalue weighted by molar-refractivity contribution is 6.30. The van der Waals surface area contributed by atoms with Gasteiger partial charge in [-0.15, -0.1) is 0 Å². The highest BCUT2D eigenvalue weighted by Gasteiger charge is 2.36. The summed E-state index contributed by atoms with van der Waals surface area (Å²) in [6, 6.07) is 11.0. The number of hydrogen-bond acceptors (Lipinski definition) is 2. The molecule has 1 N–H and O–H groups in total. The third-order valence-corrected chi connectivity index (χ3v) is 5.24. The fraction of sp³-hybridized carbons (Fsp3) is 0.625. The van der Waals surface area contributed by atoms with E-state index < -0.39 is 0 Å². The zero-order chi connectivity index (χ0) is 13.4. The number of nitrogens with one attached hydrogen (secondary N) is 1. The first-order valence-corrected chi connectivity index (χ1v) is 7.74. The Morgan fingerprint density at radius 1 is 1.16 bits per heavy atom. The summed E-state index contributed by atoms with van der Waals surface area (Å²) in [5.74, 6) is 0. The molecule has 0 aliphatic carbocycles. The molecule has 0 saturated carbocycles. The van der Waals surface area contributed by atoms with Gasteiger partial charge >= 0.3 is 0 Å². The van der Waals surface area contributed by atoms with Crippen LogP contribution in [0.5, 0.6) is 0 Å². The SMILES string of the molecule is CC(c1ccc(Cl)cc1)N(C)C1CC2CCC(C1)N2. The van der Waals surface area contributed by atoms with Gasteiger partial charge in [-0.2, -0.15) is 0 Å². The minimum absolute atomic E-state index is 0.458. The lowest BCUT2D eigenvalue weighted by atomic mass is 9.96. The van der Waals surface area contributed by atoms with E-state index >= 15 is 0 Å².